The van der Waals surface area contributed by atoms with Crippen molar-refractivity contribution in [1.82, 2.24) is 4.90 Å². The number of carbonyl (C=O) groups excluding carboxylic acids is 1. The van der Waals surface area contributed by atoms with E-state index in [1.165, 1.54) is 24.3 Å². The molecule has 3 rings (SSSR count). The van der Waals surface area contributed by atoms with E-state index < -0.39 is 10.9 Å². The van der Waals surface area contributed by atoms with E-state index in [4.69, 9.17) is 4.74 Å². The van der Waals surface area contributed by atoms with E-state index in [-0.39, 0.29) is 11.3 Å². The van der Waals surface area contributed by atoms with E-state index in [1.54, 1.807) is 12.1 Å². The van der Waals surface area contributed by atoms with Crippen molar-refractivity contribution < 1.29 is 14.5 Å². The standard InChI is InChI=1S/C20H23N3O4/c1-15-5-3-4-6-16(15)14-21-9-11-22(12-10-21)17-7-8-19(23(25)26)18(13-17)20(24)27-2/h3-8,13H,9-12,14H2,1-2H3. The number of benzene rings is 2. The summed E-state index contributed by atoms with van der Waals surface area (Å²) < 4.78 is 4.69. The monoisotopic (exact) mass is 369 g/mol. The van der Waals surface area contributed by atoms with E-state index in [9.17, 15) is 14.9 Å². The van der Waals surface area contributed by atoms with Crippen molar-refractivity contribution in [2.75, 3.05) is 38.2 Å². The Morgan fingerprint density at radius 1 is 1.15 bits per heavy atom. The number of nitro groups is 1. The van der Waals surface area contributed by atoms with Crippen LogP contribution in [-0.4, -0.2) is 49.1 Å². The lowest BCUT2D eigenvalue weighted by molar-refractivity contribution is -0.385. The van der Waals surface area contributed by atoms with Crippen LogP contribution in [0, 0.1) is 17.0 Å². The second-order valence-electron chi connectivity index (χ2n) is 6.64. The van der Waals surface area contributed by atoms with Gasteiger partial charge in [0.15, 0.2) is 0 Å². The quantitative estimate of drug-likeness (QED) is 0.458. The van der Waals surface area contributed by atoms with Gasteiger partial charge >= 0.3 is 5.97 Å². The Morgan fingerprint density at radius 3 is 2.48 bits per heavy atom. The molecule has 1 saturated heterocycles. The van der Waals surface area contributed by atoms with Crippen molar-refractivity contribution in [3.63, 3.8) is 0 Å². The Hall–Kier alpha value is -2.93. The molecule has 27 heavy (non-hydrogen) atoms. The molecule has 1 fully saturated rings. The van der Waals surface area contributed by atoms with Gasteiger partial charge in [0.1, 0.15) is 5.56 Å². The maximum absolute atomic E-state index is 11.9. The van der Waals surface area contributed by atoms with Crippen LogP contribution in [0.1, 0.15) is 21.5 Å². The van der Waals surface area contributed by atoms with Gasteiger partial charge < -0.3 is 9.64 Å². The highest BCUT2D eigenvalue weighted by Gasteiger charge is 2.24. The van der Waals surface area contributed by atoms with Crippen molar-refractivity contribution in [1.29, 1.82) is 0 Å². The highest BCUT2D eigenvalue weighted by atomic mass is 16.6. The molecular weight excluding hydrogens is 346 g/mol. The molecule has 0 radical (unpaired) electrons. The summed E-state index contributed by atoms with van der Waals surface area (Å²) in [5, 5.41) is 11.2. The minimum absolute atomic E-state index is 0.0117. The molecule has 0 N–H and O–H groups in total. The molecule has 0 aliphatic carbocycles. The molecule has 1 aliphatic rings. The Labute approximate surface area is 158 Å². The van der Waals surface area contributed by atoms with Crippen LogP contribution in [0.5, 0.6) is 0 Å². The van der Waals surface area contributed by atoms with E-state index >= 15 is 0 Å². The molecule has 0 atom stereocenters. The summed E-state index contributed by atoms with van der Waals surface area (Å²) >= 11 is 0. The number of piperazine rings is 1. The molecule has 0 unspecified atom stereocenters. The summed E-state index contributed by atoms with van der Waals surface area (Å²) in [6.45, 7) is 6.40. The molecule has 142 valence electrons. The minimum atomic E-state index is -0.693. The smallest absolute Gasteiger partial charge is 0.344 e. The maximum atomic E-state index is 11.9. The molecule has 0 saturated carbocycles. The minimum Gasteiger partial charge on any atom is -0.465 e. The zero-order valence-corrected chi connectivity index (χ0v) is 15.6. The van der Waals surface area contributed by atoms with Gasteiger partial charge in [0.05, 0.1) is 12.0 Å². The van der Waals surface area contributed by atoms with Crippen molar-refractivity contribution >= 4 is 17.3 Å². The van der Waals surface area contributed by atoms with Crippen molar-refractivity contribution in [3.8, 4) is 0 Å². The Balaban J connectivity index is 1.70. The van der Waals surface area contributed by atoms with Crippen molar-refractivity contribution in [2.24, 2.45) is 0 Å². The third kappa shape index (κ3) is 4.25. The molecule has 1 heterocycles. The number of aryl methyl sites for hydroxylation is 1. The first-order chi connectivity index (χ1) is 13.0. The third-order valence-electron chi connectivity index (χ3n) is 4.97. The fourth-order valence-corrected chi connectivity index (χ4v) is 3.35. The largest absolute Gasteiger partial charge is 0.465 e. The van der Waals surface area contributed by atoms with E-state index in [2.05, 4.69) is 34.9 Å². The summed E-state index contributed by atoms with van der Waals surface area (Å²) in [7, 11) is 1.23. The molecule has 2 aromatic rings. The SMILES string of the molecule is COC(=O)c1cc(N2CCN(Cc3ccccc3C)CC2)ccc1[N+](=O)[O-]. The Bertz CT molecular complexity index is 845. The second-order valence-corrected chi connectivity index (χ2v) is 6.64. The van der Waals surface area contributed by atoms with Crippen molar-refractivity contribution in [2.45, 2.75) is 13.5 Å². The average molecular weight is 369 g/mol. The van der Waals surface area contributed by atoms with Gasteiger partial charge in [0.2, 0.25) is 0 Å². The number of ether oxygens (including phenoxy) is 1. The predicted octanol–water partition coefficient (Wildman–Crippen LogP) is 3.01. The molecule has 0 amide bonds. The summed E-state index contributed by atoms with van der Waals surface area (Å²) in [6, 6.07) is 13.0. The number of rotatable bonds is 5. The zero-order chi connectivity index (χ0) is 19.4. The molecule has 1 aliphatic heterocycles. The van der Waals surface area contributed by atoms with Gasteiger partial charge in [0.25, 0.3) is 5.69 Å². The summed E-state index contributed by atoms with van der Waals surface area (Å²) in [5.74, 6) is -0.693. The van der Waals surface area contributed by atoms with Gasteiger partial charge in [0, 0.05) is 44.5 Å². The van der Waals surface area contributed by atoms with E-state index in [0.717, 1.165) is 38.4 Å². The van der Waals surface area contributed by atoms with Crippen LogP contribution in [-0.2, 0) is 11.3 Å². The molecular formula is C20H23N3O4. The number of methoxy groups -OCH3 is 1. The second kappa shape index (κ2) is 8.18. The van der Waals surface area contributed by atoms with Crippen LogP contribution < -0.4 is 4.90 Å². The van der Waals surface area contributed by atoms with Gasteiger partial charge in [-0.15, -0.1) is 0 Å². The van der Waals surface area contributed by atoms with Crippen molar-refractivity contribution in [3.05, 3.63) is 69.3 Å². The predicted molar refractivity (Wildman–Crippen MR) is 103 cm³/mol. The average Bonchev–Trinajstić information content (AvgIpc) is 2.69. The van der Waals surface area contributed by atoms with Crippen LogP contribution in [0.25, 0.3) is 0 Å². The molecule has 2 aromatic carbocycles. The van der Waals surface area contributed by atoms with Gasteiger partial charge in [-0.1, -0.05) is 24.3 Å². The van der Waals surface area contributed by atoms with Gasteiger partial charge in [-0.2, -0.15) is 0 Å². The van der Waals surface area contributed by atoms with E-state index in [0.29, 0.717) is 0 Å². The molecule has 0 bridgehead atoms. The Kier molecular flexibility index (Phi) is 5.71. The first-order valence-corrected chi connectivity index (χ1v) is 8.88. The lowest BCUT2D eigenvalue weighted by Crippen LogP contribution is -2.46. The summed E-state index contributed by atoms with van der Waals surface area (Å²) in [6.07, 6.45) is 0. The fraction of sp³-hybridized carbons (Fsp3) is 0.350. The number of hydrogen-bond acceptors (Lipinski definition) is 6. The third-order valence-corrected chi connectivity index (χ3v) is 4.97. The molecule has 0 aromatic heterocycles. The number of nitrogens with zero attached hydrogens (tertiary/aromatic N) is 3. The van der Waals surface area contributed by atoms with Gasteiger partial charge in [-0.05, 0) is 30.2 Å². The topological polar surface area (TPSA) is 75.9 Å². The first-order valence-electron chi connectivity index (χ1n) is 8.88. The molecule has 7 heteroatoms. The highest BCUT2D eigenvalue weighted by Crippen LogP contribution is 2.26. The summed E-state index contributed by atoms with van der Waals surface area (Å²) in [5.41, 5.74) is 3.18. The zero-order valence-electron chi connectivity index (χ0n) is 15.6. The Morgan fingerprint density at radius 2 is 1.85 bits per heavy atom. The number of nitro benzene ring substituents is 1. The summed E-state index contributed by atoms with van der Waals surface area (Å²) in [4.78, 5) is 27.0. The lowest BCUT2D eigenvalue weighted by atomic mass is 10.1. The fourth-order valence-electron chi connectivity index (χ4n) is 3.35. The molecule has 7 nitrogen and oxygen atoms in total. The van der Waals surface area contributed by atoms with Crippen LogP contribution in [0.3, 0.4) is 0 Å². The number of hydrogen-bond donors (Lipinski definition) is 0. The van der Waals surface area contributed by atoms with Crippen LogP contribution in [0.15, 0.2) is 42.5 Å². The number of carbonyl (C=O) groups is 1. The van der Waals surface area contributed by atoms with Crippen LogP contribution in [0.2, 0.25) is 0 Å². The normalized spacial score (nSPS) is 14.8. The lowest BCUT2D eigenvalue weighted by Gasteiger charge is -2.36. The van der Waals surface area contributed by atoms with Gasteiger partial charge in [-0.3, -0.25) is 15.0 Å². The van der Waals surface area contributed by atoms with Crippen LogP contribution >= 0.6 is 0 Å². The van der Waals surface area contributed by atoms with E-state index in [1.807, 2.05) is 6.07 Å². The number of esters is 1. The molecule has 0 spiro atoms. The highest BCUT2D eigenvalue weighted by molar-refractivity contribution is 5.95. The maximum Gasteiger partial charge on any atom is 0.344 e. The van der Waals surface area contributed by atoms with Gasteiger partial charge in [-0.25, -0.2) is 4.79 Å². The van der Waals surface area contributed by atoms with Crippen LogP contribution in [0.4, 0.5) is 11.4 Å². The number of anilines is 1. The first kappa shape index (κ1) is 18.8.